The Morgan fingerprint density at radius 3 is 2.35 bits per heavy atom. The van der Waals surface area contributed by atoms with Crippen molar-refractivity contribution in [1.29, 1.82) is 0 Å². The Kier molecular flexibility index (Phi) is 4.98. The minimum absolute atomic E-state index is 0.289. The van der Waals surface area contributed by atoms with Crippen molar-refractivity contribution in [1.82, 2.24) is 4.90 Å². The van der Waals surface area contributed by atoms with Crippen molar-refractivity contribution in [3.8, 4) is 0 Å². The van der Waals surface area contributed by atoms with E-state index >= 15 is 0 Å². The molecule has 1 aromatic carbocycles. The normalized spacial score (nSPS) is 18.8. The molecular weight excluding hydrogens is 246 g/mol. The Morgan fingerprint density at radius 2 is 1.80 bits per heavy atom. The first-order chi connectivity index (χ1) is 9.60. The van der Waals surface area contributed by atoms with Gasteiger partial charge >= 0.3 is 0 Å². The number of hydrogen-bond acceptors (Lipinski definition) is 2. The van der Waals surface area contributed by atoms with Crippen LogP contribution < -0.4 is 0 Å². The van der Waals surface area contributed by atoms with Crippen molar-refractivity contribution >= 4 is 5.78 Å². The zero-order chi connectivity index (χ0) is 14.6. The standard InChI is InChI=1S/C18H27NO/c1-4-15-10-9-11-16(14-15)17(20)18(19(2)3)12-7-5-6-8-13-18/h9-11,14H,4-8,12-13H2,1-3H3. The number of ketones is 1. The molecule has 2 nitrogen and oxygen atoms in total. The monoisotopic (exact) mass is 273 g/mol. The van der Waals surface area contributed by atoms with Crippen LogP contribution in [0.5, 0.6) is 0 Å². The quantitative estimate of drug-likeness (QED) is 0.608. The van der Waals surface area contributed by atoms with Gasteiger partial charge in [0, 0.05) is 5.56 Å². The molecular formula is C18H27NO. The fraction of sp³-hybridized carbons (Fsp3) is 0.611. The summed E-state index contributed by atoms with van der Waals surface area (Å²) in [7, 11) is 4.12. The number of hydrogen-bond donors (Lipinski definition) is 0. The number of carbonyl (C=O) groups is 1. The minimum Gasteiger partial charge on any atom is -0.297 e. The molecule has 110 valence electrons. The molecule has 0 spiro atoms. The first-order valence-electron chi connectivity index (χ1n) is 7.91. The highest BCUT2D eigenvalue weighted by atomic mass is 16.1. The van der Waals surface area contributed by atoms with E-state index in [1.807, 2.05) is 12.1 Å². The second kappa shape index (κ2) is 6.53. The summed E-state index contributed by atoms with van der Waals surface area (Å²) in [6, 6.07) is 8.19. The lowest BCUT2D eigenvalue weighted by molar-refractivity contribution is 0.0635. The molecule has 2 heteroatoms. The molecule has 0 aliphatic heterocycles. The Hall–Kier alpha value is -1.15. The van der Waals surface area contributed by atoms with Crippen molar-refractivity contribution < 1.29 is 4.79 Å². The largest absolute Gasteiger partial charge is 0.297 e. The van der Waals surface area contributed by atoms with Gasteiger partial charge in [-0.2, -0.15) is 0 Å². The Balaban J connectivity index is 2.35. The maximum atomic E-state index is 13.1. The second-order valence-electron chi connectivity index (χ2n) is 6.22. The summed E-state index contributed by atoms with van der Waals surface area (Å²) in [5.41, 5.74) is 1.85. The van der Waals surface area contributed by atoms with E-state index in [2.05, 4.69) is 38.1 Å². The lowest BCUT2D eigenvalue weighted by Gasteiger charge is -2.38. The highest BCUT2D eigenvalue weighted by Crippen LogP contribution is 2.34. The van der Waals surface area contributed by atoms with Gasteiger partial charge in [0.2, 0.25) is 0 Å². The molecule has 0 saturated heterocycles. The van der Waals surface area contributed by atoms with Crippen LogP contribution in [0.2, 0.25) is 0 Å². The predicted molar refractivity (Wildman–Crippen MR) is 84.3 cm³/mol. The van der Waals surface area contributed by atoms with E-state index in [-0.39, 0.29) is 5.54 Å². The smallest absolute Gasteiger partial charge is 0.183 e. The number of carbonyl (C=O) groups excluding carboxylic acids is 1. The van der Waals surface area contributed by atoms with Crippen LogP contribution in [0.4, 0.5) is 0 Å². The maximum absolute atomic E-state index is 13.1. The number of Topliss-reactive ketones (excluding diaryl/α,β-unsaturated/α-hetero) is 1. The van der Waals surface area contributed by atoms with E-state index in [4.69, 9.17) is 0 Å². The van der Waals surface area contributed by atoms with Gasteiger partial charge in [0.1, 0.15) is 0 Å². The Morgan fingerprint density at radius 1 is 1.15 bits per heavy atom. The molecule has 0 unspecified atom stereocenters. The topological polar surface area (TPSA) is 20.3 Å². The van der Waals surface area contributed by atoms with Gasteiger partial charge in [-0.25, -0.2) is 0 Å². The molecule has 20 heavy (non-hydrogen) atoms. The van der Waals surface area contributed by atoms with E-state index in [0.29, 0.717) is 5.78 Å². The molecule has 1 aromatic rings. The summed E-state index contributed by atoms with van der Waals surface area (Å²) in [5.74, 6) is 0.319. The first kappa shape index (κ1) is 15.2. The fourth-order valence-electron chi connectivity index (χ4n) is 3.39. The molecule has 1 fully saturated rings. The maximum Gasteiger partial charge on any atom is 0.183 e. The van der Waals surface area contributed by atoms with Crippen LogP contribution in [-0.2, 0) is 6.42 Å². The predicted octanol–water partition coefficient (Wildman–Crippen LogP) is 4.09. The lowest BCUT2D eigenvalue weighted by Crippen LogP contribution is -2.50. The molecule has 0 radical (unpaired) electrons. The molecule has 0 atom stereocenters. The molecule has 1 aliphatic carbocycles. The van der Waals surface area contributed by atoms with Gasteiger partial charge in [0.25, 0.3) is 0 Å². The van der Waals surface area contributed by atoms with E-state index < -0.39 is 0 Å². The molecule has 0 bridgehead atoms. The van der Waals surface area contributed by atoms with Crippen LogP contribution in [0.3, 0.4) is 0 Å². The number of likely N-dealkylation sites (N-methyl/N-ethyl adjacent to an activating group) is 1. The van der Waals surface area contributed by atoms with Gasteiger partial charge < -0.3 is 0 Å². The van der Waals surface area contributed by atoms with Gasteiger partial charge in [-0.3, -0.25) is 9.69 Å². The van der Waals surface area contributed by atoms with Crippen LogP contribution in [0, 0.1) is 0 Å². The minimum atomic E-state index is -0.289. The third kappa shape index (κ3) is 2.95. The molecule has 0 aromatic heterocycles. The summed E-state index contributed by atoms with van der Waals surface area (Å²) < 4.78 is 0. The van der Waals surface area contributed by atoms with Gasteiger partial charge in [-0.1, -0.05) is 50.8 Å². The second-order valence-corrected chi connectivity index (χ2v) is 6.22. The van der Waals surface area contributed by atoms with Gasteiger partial charge in [-0.05, 0) is 45.0 Å². The fourth-order valence-corrected chi connectivity index (χ4v) is 3.39. The molecule has 2 rings (SSSR count). The third-order valence-corrected chi connectivity index (χ3v) is 4.81. The highest BCUT2D eigenvalue weighted by Gasteiger charge is 2.40. The number of aryl methyl sites for hydroxylation is 1. The van der Waals surface area contributed by atoms with E-state index in [1.165, 1.54) is 18.4 Å². The number of benzene rings is 1. The van der Waals surface area contributed by atoms with Crippen LogP contribution >= 0.6 is 0 Å². The van der Waals surface area contributed by atoms with Crippen LogP contribution in [0.1, 0.15) is 61.4 Å². The van der Waals surface area contributed by atoms with Crippen molar-refractivity contribution in [3.63, 3.8) is 0 Å². The average molecular weight is 273 g/mol. The van der Waals surface area contributed by atoms with Crippen molar-refractivity contribution in [2.45, 2.75) is 57.4 Å². The van der Waals surface area contributed by atoms with Crippen LogP contribution in [0.25, 0.3) is 0 Å². The Bertz CT molecular complexity index is 456. The zero-order valence-corrected chi connectivity index (χ0v) is 13.1. The van der Waals surface area contributed by atoms with Gasteiger partial charge in [0.05, 0.1) is 5.54 Å². The SMILES string of the molecule is CCc1cccc(C(=O)C2(N(C)C)CCCCCC2)c1. The number of rotatable bonds is 4. The summed E-state index contributed by atoms with van der Waals surface area (Å²) in [6.45, 7) is 2.14. The van der Waals surface area contributed by atoms with Crippen molar-refractivity contribution in [3.05, 3.63) is 35.4 Å². The summed E-state index contributed by atoms with van der Waals surface area (Å²) >= 11 is 0. The molecule has 0 heterocycles. The molecule has 1 saturated carbocycles. The third-order valence-electron chi connectivity index (χ3n) is 4.81. The van der Waals surface area contributed by atoms with Gasteiger partial charge in [0.15, 0.2) is 5.78 Å². The lowest BCUT2D eigenvalue weighted by atomic mass is 9.81. The van der Waals surface area contributed by atoms with Crippen LogP contribution in [-0.4, -0.2) is 30.3 Å². The average Bonchev–Trinajstić information content (AvgIpc) is 2.73. The highest BCUT2D eigenvalue weighted by molar-refractivity contribution is 6.03. The summed E-state index contributed by atoms with van der Waals surface area (Å²) in [6.07, 6.45) is 7.82. The van der Waals surface area contributed by atoms with E-state index in [0.717, 1.165) is 37.7 Å². The summed E-state index contributed by atoms with van der Waals surface area (Å²) in [4.78, 5) is 15.3. The molecule has 1 aliphatic rings. The summed E-state index contributed by atoms with van der Waals surface area (Å²) in [5, 5.41) is 0. The van der Waals surface area contributed by atoms with Crippen molar-refractivity contribution in [2.24, 2.45) is 0 Å². The van der Waals surface area contributed by atoms with Crippen molar-refractivity contribution in [2.75, 3.05) is 14.1 Å². The molecule has 0 N–H and O–H groups in total. The number of nitrogens with zero attached hydrogens (tertiary/aromatic N) is 1. The van der Waals surface area contributed by atoms with E-state index in [9.17, 15) is 4.79 Å². The van der Waals surface area contributed by atoms with Crippen LogP contribution in [0.15, 0.2) is 24.3 Å². The van der Waals surface area contributed by atoms with E-state index in [1.54, 1.807) is 0 Å². The zero-order valence-electron chi connectivity index (χ0n) is 13.1. The van der Waals surface area contributed by atoms with Gasteiger partial charge in [-0.15, -0.1) is 0 Å². The molecule has 0 amide bonds. The Labute approximate surface area is 123 Å². The first-order valence-corrected chi connectivity index (χ1v) is 7.91.